The highest BCUT2D eigenvalue weighted by Gasteiger charge is 2.52. The predicted molar refractivity (Wildman–Crippen MR) is 139 cm³/mol. The first-order valence-corrected chi connectivity index (χ1v) is 12.9. The Labute approximate surface area is 216 Å². The van der Waals surface area contributed by atoms with Gasteiger partial charge in [-0.3, -0.25) is 4.90 Å². The summed E-state index contributed by atoms with van der Waals surface area (Å²) in [4.78, 5) is 29.2. The van der Waals surface area contributed by atoms with Crippen molar-refractivity contribution in [3.8, 4) is 0 Å². The van der Waals surface area contributed by atoms with E-state index in [1.165, 1.54) is 0 Å². The van der Waals surface area contributed by atoms with Crippen molar-refractivity contribution in [2.24, 2.45) is 11.8 Å². The summed E-state index contributed by atoms with van der Waals surface area (Å²) in [6.45, 7) is 6.35. The Kier molecular flexibility index (Phi) is 5.74. The number of nitrogens with zero attached hydrogens (tertiary/aromatic N) is 2. The lowest BCUT2D eigenvalue weighted by atomic mass is 9.70. The van der Waals surface area contributed by atoms with E-state index in [9.17, 15) is 9.59 Å². The molecule has 4 heterocycles. The Morgan fingerprint density at radius 1 is 1.03 bits per heavy atom. The van der Waals surface area contributed by atoms with Crippen molar-refractivity contribution in [2.45, 2.75) is 57.9 Å². The lowest BCUT2D eigenvalue weighted by Gasteiger charge is -2.52. The summed E-state index contributed by atoms with van der Waals surface area (Å²) in [6.07, 6.45) is 4.40. The van der Waals surface area contributed by atoms with Gasteiger partial charge in [0.2, 0.25) is 0 Å². The fourth-order valence-electron chi connectivity index (χ4n) is 6.20. The molecular formula is C30H32N2O5. The normalized spacial score (nSPS) is 24.1. The highest BCUT2D eigenvalue weighted by Crippen LogP contribution is 2.51. The zero-order valence-electron chi connectivity index (χ0n) is 21.4. The molecule has 1 saturated heterocycles. The molecule has 7 nitrogen and oxygen atoms in total. The summed E-state index contributed by atoms with van der Waals surface area (Å²) >= 11 is 0. The van der Waals surface area contributed by atoms with Crippen molar-refractivity contribution in [3.63, 3.8) is 0 Å². The molecule has 0 unspecified atom stereocenters. The van der Waals surface area contributed by atoms with Gasteiger partial charge in [0.15, 0.2) is 0 Å². The molecule has 3 aliphatic heterocycles. The average Bonchev–Trinajstić information content (AvgIpc) is 3.21. The summed E-state index contributed by atoms with van der Waals surface area (Å²) in [5, 5.41) is 1.03. The second kappa shape index (κ2) is 8.98. The molecule has 4 atom stereocenters. The number of amides is 1. The Morgan fingerprint density at radius 3 is 2.57 bits per heavy atom. The number of para-hydroxylation sites is 1. The van der Waals surface area contributed by atoms with E-state index >= 15 is 0 Å². The van der Waals surface area contributed by atoms with Crippen LogP contribution in [0, 0.1) is 11.8 Å². The van der Waals surface area contributed by atoms with Gasteiger partial charge >= 0.3 is 12.2 Å². The third-order valence-corrected chi connectivity index (χ3v) is 7.68. The Balaban J connectivity index is 1.45. The van der Waals surface area contributed by atoms with Crippen LogP contribution in [0.2, 0.25) is 0 Å². The van der Waals surface area contributed by atoms with Crippen molar-refractivity contribution < 1.29 is 23.8 Å². The van der Waals surface area contributed by atoms with Gasteiger partial charge in [0.05, 0.1) is 30.1 Å². The molecule has 0 aliphatic carbocycles. The number of rotatable bonds is 2. The minimum absolute atomic E-state index is 0.0950. The van der Waals surface area contributed by atoms with Gasteiger partial charge in [0, 0.05) is 17.3 Å². The molecule has 1 fully saturated rings. The van der Waals surface area contributed by atoms with E-state index in [4.69, 9.17) is 14.2 Å². The van der Waals surface area contributed by atoms with E-state index < -0.39 is 11.7 Å². The highest BCUT2D eigenvalue weighted by molar-refractivity contribution is 5.94. The number of piperidine rings is 1. The molecular weight excluding hydrogens is 468 g/mol. The summed E-state index contributed by atoms with van der Waals surface area (Å²) in [6, 6.07) is 17.2. The number of allylic oxidation sites excluding steroid dienone is 1. The lowest BCUT2D eigenvalue weighted by molar-refractivity contribution is -0.0328. The molecule has 192 valence electrons. The number of ether oxygens (including phenoxy) is 3. The van der Waals surface area contributed by atoms with Gasteiger partial charge in [-0.2, -0.15) is 0 Å². The number of hydrogen-bond donors (Lipinski definition) is 0. The van der Waals surface area contributed by atoms with Crippen LogP contribution in [-0.4, -0.2) is 39.9 Å². The minimum atomic E-state index is -0.651. The number of hydrogen-bond acceptors (Lipinski definition) is 5. The maximum absolute atomic E-state index is 13.7. The fourth-order valence-corrected chi connectivity index (χ4v) is 6.20. The van der Waals surface area contributed by atoms with Crippen LogP contribution in [0.15, 0.2) is 66.9 Å². The maximum atomic E-state index is 13.7. The Bertz CT molecular complexity index is 1370. The number of fused-ring (bicyclic) bond motifs is 8. The molecule has 3 aromatic rings. The third kappa shape index (κ3) is 4.16. The van der Waals surface area contributed by atoms with Crippen LogP contribution in [0.4, 0.5) is 9.59 Å². The number of aromatic nitrogens is 1. The fraction of sp³-hybridized carbons (Fsp3) is 0.400. The number of carbonyl (C=O) groups is 2. The van der Waals surface area contributed by atoms with Crippen LogP contribution >= 0.6 is 0 Å². The minimum Gasteiger partial charge on any atom is -0.501 e. The molecule has 0 saturated carbocycles. The van der Waals surface area contributed by atoms with Crippen LogP contribution in [0.5, 0.6) is 0 Å². The van der Waals surface area contributed by atoms with Crippen LogP contribution in [0.3, 0.4) is 0 Å². The quantitative estimate of drug-likeness (QED) is 0.418. The van der Waals surface area contributed by atoms with Crippen molar-refractivity contribution in [1.29, 1.82) is 0 Å². The smallest absolute Gasteiger partial charge is 0.419 e. The van der Waals surface area contributed by atoms with Crippen LogP contribution < -0.4 is 0 Å². The predicted octanol–water partition coefficient (Wildman–Crippen LogP) is 6.21. The summed E-state index contributed by atoms with van der Waals surface area (Å²) in [5.74, 6) is 0.405. The molecule has 2 aromatic carbocycles. The van der Waals surface area contributed by atoms with Gasteiger partial charge < -0.3 is 14.2 Å². The van der Waals surface area contributed by atoms with E-state index in [-0.39, 0.29) is 36.6 Å². The van der Waals surface area contributed by atoms with Gasteiger partial charge in [0.1, 0.15) is 12.2 Å². The topological polar surface area (TPSA) is 70.0 Å². The van der Waals surface area contributed by atoms with Crippen LogP contribution in [-0.2, 0) is 27.2 Å². The van der Waals surface area contributed by atoms with Gasteiger partial charge in [0.25, 0.3) is 0 Å². The van der Waals surface area contributed by atoms with E-state index in [2.05, 4.69) is 12.1 Å². The van der Waals surface area contributed by atoms with E-state index in [1.54, 1.807) is 10.8 Å². The number of carbonyl (C=O) groups excluding carboxylic acids is 2. The van der Waals surface area contributed by atoms with Gasteiger partial charge in [-0.25, -0.2) is 14.2 Å². The molecule has 7 heteroatoms. The van der Waals surface area contributed by atoms with Crippen LogP contribution in [0.25, 0.3) is 10.9 Å². The molecule has 0 spiro atoms. The average molecular weight is 501 g/mol. The standard InChI is InChI=1S/C30H32N2O5/c1-30(2,3)37-29(34)32-24-12-8-7-11-21(24)22-16-25-23-18-35-14-13-20(23)15-26(27(22)32)31(25)28(33)36-17-19-9-5-4-6-10-19/h4-14,20,23,25-26H,15-18H2,1-3H3/t20-,23-,25+,26+/m1/s1. The zero-order valence-corrected chi connectivity index (χ0v) is 21.4. The zero-order chi connectivity index (χ0) is 25.7. The van der Waals surface area contributed by atoms with Crippen molar-refractivity contribution in [1.82, 2.24) is 9.47 Å². The van der Waals surface area contributed by atoms with Crippen molar-refractivity contribution in [2.75, 3.05) is 6.61 Å². The van der Waals surface area contributed by atoms with Crippen molar-refractivity contribution in [3.05, 3.63) is 83.8 Å². The lowest BCUT2D eigenvalue weighted by Crippen LogP contribution is -2.58. The molecule has 0 N–H and O–H groups in total. The molecule has 37 heavy (non-hydrogen) atoms. The first-order valence-electron chi connectivity index (χ1n) is 12.9. The molecule has 3 aliphatic rings. The van der Waals surface area contributed by atoms with E-state index in [1.807, 2.05) is 74.2 Å². The largest absolute Gasteiger partial charge is 0.501 e. The second-order valence-electron chi connectivity index (χ2n) is 11.2. The molecule has 0 radical (unpaired) electrons. The summed E-state index contributed by atoms with van der Waals surface area (Å²) < 4.78 is 19.1. The Hall–Kier alpha value is -3.74. The highest BCUT2D eigenvalue weighted by atomic mass is 16.6. The third-order valence-electron chi connectivity index (χ3n) is 7.68. The first kappa shape index (κ1) is 23.6. The second-order valence-corrected chi connectivity index (χ2v) is 11.2. The van der Waals surface area contributed by atoms with Gasteiger partial charge in [-0.1, -0.05) is 48.5 Å². The maximum Gasteiger partial charge on any atom is 0.419 e. The van der Waals surface area contributed by atoms with E-state index in [0.29, 0.717) is 19.4 Å². The van der Waals surface area contributed by atoms with Crippen molar-refractivity contribution >= 4 is 23.1 Å². The summed E-state index contributed by atoms with van der Waals surface area (Å²) in [5.41, 5.74) is 3.03. The number of benzene rings is 2. The van der Waals surface area contributed by atoms with E-state index in [0.717, 1.165) is 27.7 Å². The monoisotopic (exact) mass is 500 g/mol. The van der Waals surface area contributed by atoms with Crippen LogP contribution in [0.1, 0.15) is 50.1 Å². The molecule has 1 amide bonds. The van der Waals surface area contributed by atoms with Gasteiger partial charge in [-0.15, -0.1) is 0 Å². The SMILES string of the molecule is CC(C)(C)OC(=O)n1c2c(c3ccccc31)C[C@H]1[C@@H]3COC=C[C@@H]3C[C@@H]2N1C(=O)OCc1ccccc1. The first-order chi connectivity index (χ1) is 17.8. The molecule has 2 bridgehead atoms. The summed E-state index contributed by atoms with van der Waals surface area (Å²) in [7, 11) is 0. The Morgan fingerprint density at radius 2 is 1.78 bits per heavy atom. The molecule has 1 aromatic heterocycles. The molecule has 6 rings (SSSR count). The van der Waals surface area contributed by atoms with Gasteiger partial charge in [-0.05, 0) is 62.8 Å².